The van der Waals surface area contributed by atoms with Gasteiger partial charge in [0.2, 0.25) is 0 Å². The number of alkyl halides is 3. The smallest absolute Gasteiger partial charge is 0.370 e. The Morgan fingerprint density at radius 1 is 1.17 bits per heavy atom. The minimum atomic E-state index is -4.59. The molecule has 2 aromatic rings. The summed E-state index contributed by atoms with van der Waals surface area (Å²) in [6, 6.07) is 4.78. The lowest BCUT2D eigenvalue weighted by Crippen LogP contribution is -2.43. The molecule has 1 aromatic heterocycles. The van der Waals surface area contributed by atoms with Crippen LogP contribution in [0.5, 0.6) is 0 Å². The Morgan fingerprint density at radius 3 is 2.69 bits per heavy atom. The van der Waals surface area contributed by atoms with E-state index < -0.39 is 17.6 Å². The lowest BCUT2D eigenvalue weighted by Gasteiger charge is -2.38. The van der Waals surface area contributed by atoms with Gasteiger partial charge in [0.05, 0.1) is 29.4 Å². The number of allylic oxidation sites excluding steroid dienone is 2. The summed E-state index contributed by atoms with van der Waals surface area (Å²) in [5.74, 6) is -0.0523. The Bertz CT molecular complexity index is 1220. The minimum Gasteiger partial charge on any atom is -0.370 e. The van der Waals surface area contributed by atoms with Gasteiger partial charge in [-0.3, -0.25) is 4.68 Å². The number of aryl methyl sites for hydroxylation is 1. The fraction of sp³-hybridized carbons (Fsp3) is 0.333. The number of dihydropyridines is 1. The minimum absolute atomic E-state index is 0.0378. The monoisotopic (exact) mass is 487 g/mol. The highest BCUT2D eigenvalue weighted by atomic mass is 19.4. The maximum atomic E-state index is 13.4. The third-order valence-electron chi connectivity index (χ3n) is 6.45. The molecule has 2 N–H and O–H groups in total. The predicted molar refractivity (Wildman–Crippen MR) is 124 cm³/mol. The van der Waals surface area contributed by atoms with Gasteiger partial charge in [-0.25, -0.2) is 9.40 Å². The van der Waals surface area contributed by atoms with Crippen LogP contribution in [-0.2, 0) is 19.8 Å². The second-order valence-corrected chi connectivity index (χ2v) is 8.64. The normalized spacial score (nSPS) is 18.6. The van der Waals surface area contributed by atoms with Crippen molar-refractivity contribution in [2.45, 2.75) is 31.6 Å². The average Bonchev–Trinajstić information content (AvgIpc) is 3.28. The zero-order valence-electron chi connectivity index (χ0n) is 19.1. The van der Waals surface area contributed by atoms with Gasteiger partial charge in [0.25, 0.3) is 0 Å². The molecule has 11 heteroatoms. The first-order chi connectivity index (χ1) is 16.8. The fourth-order valence-electron chi connectivity index (χ4n) is 4.61. The number of hydrazone groups is 1. The van der Waals surface area contributed by atoms with Crippen LogP contribution in [0.3, 0.4) is 0 Å². The second kappa shape index (κ2) is 9.21. The van der Waals surface area contributed by atoms with E-state index in [0.717, 1.165) is 54.8 Å². The molecule has 0 radical (unpaired) electrons. The molecule has 0 atom stereocenters. The van der Waals surface area contributed by atoms with E-state index in [9.17, 15) is 17.6 Å². The van der Waals surface area contributed by atoms with Crippen LogP contribution in [0.1, 0.15) is 24.0 Å². The summed E-state index contributed by atoms with van der Waals surface area (Å²) in [7, 11) is 1.86. The molecule has 5 rings (SSSR count). The summed E-state index contributed by atoms with van der Waals surface area (Å²) in [6.45, 7) is 1.51. The Labute approximate surface area is 200 Å². The number of aromatic nitrogens is 2. The van der Waals surface area contributed by atoms with Gasteiger partial charge < -0.3 is 15.5 Å². The number of nitrogens with zero attached hydrogens (tertiary/aromatic N) is 5. The number of hydrogen-bond donors (Lipinski definition) is 2. The summed E-state index contributed by atoms with van der Waals surface area (Å²) >= 11 is 0. The van der Waals surface area contributed by atoms with Gasteiger partial charge in [0.15, 0.2) is 5.82 Å². The van der Waals surface area contributed by atoms with Gasteiger partial charge in [0, 0.05) is 56.8 Å². The lowest BCUT2D eigenvalue weighted by molar-refractivity contribution is -0.138. The molecule has 0 saturated carbocycles. The molecule has 3 aliphatic heterocycles. The van der Waals surface area contributed by atoms with Gasteiger partial charge in [-0.1, -0.05) is 6.07 Å². The Hall–Kier alpha value is -3.60. The second-order valence-electron chi connectivity index (χ2n) is 8.64. The maximum Gasteiger partial charge on any atom is 0.416 e. The lowest BCUT2D eigenvalue weighted by atomic mass is 10.00. The molecular weight excluding hydrogens is 462 g/mol. The van der Waals surface area contributed by atoms with E-state index in [-0.39, 0.29) is 18.2 Å². The molecule has 7 nitrogen and oxygen atoms in total. The van der Waals surface area contributed by atoms with Crippen molar-refractivity contribution in [3.05, 3.63) is 82.8 Å². The summed E-state index contributed by atoms with van der Waals surface area (Å²) in [5, 5.41) is 17.1. The summed E-state index contributed by atoms with van der Waals surface area (Å²) in [5.41, 5.74) is 2.07. The molecule has 0 aliphatic carbocycles. The van der Waals surface area contributed by atoms with Crippen LogP contribution in [0, 0.1) is 5.82 Å². The Kier molecular flexibility index (Phi) is 6.10. The summed E-state index contributed by atoms with van der Waals surface area (Å²) in [6.07, 6.45) is 6.28. The SMILES string of the molecule is Cn1nccc1N1N=CC(N2CCC(NCc3ccc(F)cc3C(F)(F)F)CC2)=C2C=CNC=C21. The molecule has 35 heavy (non-hydrogen) atoms. The van der Waals surface area contributed by atoms with Crippen molar-refractivity contribution in [3.63, 3.8) is 0 Å². The van der Waals surface area contributed by atoms with Gasteiger partial charge in [0.1, 0.15) is 5.82 Å². The highest BCUT2D eigenvalue weighted by Gasteiger charge is 2.34. The van der Waals surface area contributed by atoms with Gasteiger partial charge in [-0.2, -0.15) is 23.4 Å². The van der Waals surface area contributed by atoms with Crippen molar-refractivity contribution in [1.29, 1.82) is 0 Å². The topological polar surface area (TPSA) is 60.7 Å². The van der Waals surface area contributed by atoms with Crippen LogP contribution < -0.4 is 15.6 Å². The largest absolute Gasteiger partial charge is 0.416 e. The zero-order chi connectivity index (χ0) is 24.6. The molecule has 1 aromatic carbocycles. The van der Waals surface area contributed by atoms with Gasteiger partial charge in [-0.05, 0) is 36.6 Å². The molecule has 184 valence electrons. The molecule has 0 bridgehead atoms. The first kappa shape index (κ1) is 23.2. The van der Waals surface area contributed by atoms with Crippen LogP contribution in [0.4, 0.5) is 23.4 Å². The maximum absolute atomic E-state index is 13.4. The third kappa shape index (κ3) is 4.68. The number of fused-ring (bicyclic) bond motifs is 1. The average molecular weight is 488 g/mol. The molecule has 3 aliphatic rings. The summed E-state index contributed by atoms with van der Waals surface area (Å²) in [4.78, 5) is 2.25. The van der Waals surface area contributed by atoms with Crippen LogP contribution in [0.15, 0.2) is 71.0 Å². The van der Waals surface area contributed by atoms with Gasteiger partial charge in [-0.15, -0.1) is 0 Å². The first-order valence-electron chi connectivity index (χ1n) is 11.3. The van der Waals surface area contributed by atoms with Crippen LogP contribution in [-0.4, -0.2) is 40.0 Å². The highest BCUT2D eigenvalue weighted by molar-refractivity contribution is 5.86. The van der Waals surface area contributed by atoms with Crippen molar-refractivity contribution >= 4 is 12.0 Å². The number of nitrogens with one attached hydrogen (secondary N) is 2. The van der Waals surface area contributed by atoms with E-state index in [1.54, 1.807) is 10.9 Å². The first-order valence-corrected chi connectivity index (χ1v) is 11.3. The standard InChI is InChI=1S/C24H25F4N7/c1-33-23(5-9-31-33)35-22-14-29-8-4-19(22)21(15-32-35)34-10-6-18(7-11-34)30-13-16-2-3-17(25)12-20(16)24(26,27)28/h2-5,8-9,12,14-15,18,29-30H,6-7,10-11,13H2,1H3. The van der Waals surface area contributed by atoms with Gasteiger partial charge >= 0.3 is 6.18 Å². The summed E-state index contributed by atoms with van der Waals surface area (Å²) < 4.78 is 55.0. The Morgan fingerprint density at radius 2 is 1.97 bits per heavy atom. The number of halogens is 4. The number of anilines is 1. The van der Waals surface area contributed by atoms with E-state index in [1.807, 2.05) is 42.8 Å². The zero-order valence-corrected chi connectivity index (χ0v) is 19.1. The van der Waals surface area contributed by atoms with Crippen molar-refractivity contribution < 1.29 is 17.6 Å². The van der Waals surface area contributed by atoms with E-state index >= 15 is 0 Å². The molecule has 0 amide bonds. The quantitative estimate of drug-likeness (QED) is 0.628. The van der Waals surface area contributed by atoms with E-state index in [1.165, 1.54) is 6.07 Å². The van der Waals surface area contributed by atoms with Crippen LogP contribution in [0.2, 0.25) is 0 Å². The van der Waals surface area contributed by atoms with Crippen LogP contribution in [0.25, 0.3) is 0 Å². The fourth-order valence-corrected chi connectivity index (χ4v) is 4.61. The molecule has 1 saturated heterocycles. The molecule has 1 fully saturated rings. The number of hydrogen-bond acceptors (Lipinski definition) is 6. The Balaban J connectivity index is 1.25. The van der Waals surface area contributed by atoms with Crippen molar-refractivity contribution in [3.8, 4) is 0 Å². The molecule has 4 heterocycles. The van der Waals surface area contributed by atoms with Crippen molar-refractivity contribution in [2.24, 2.45) is 12.1 Å². The molecule has 0 unspecified atom stereocenters. The van der Waals surface area contributed by atoms with E-state index in [4.69, 9.17) is 0 Å². The van der Waals surface area contributed by atoms with Crippen LogP contribution >= 0.6 is 0 Å². The number of benzene rings is 1. The van der Waals surface area contributed by atoms with Crippen molar-refractivity contribution in [1.82, 2.24) is 25.3 Å². The third-order valence-corrected chi connectivity index (χ3v) is 6.45. The number of piperidine rings is 1. The van der Waals surface area contributed by atoms with Crippen molar-refractivity contribution in [2.75, 3.05) is 18.1 Å². The molecule has 0 spiro atoms. The highest BCUT2D eigenvalue weighted by Crippen LogP contribution is 2.34. The predicted octanol–water partition coefficient (Wildman–Crippen LogP) is 3.85. The number of likely N-dealkylation sites (tertiary alicyclic amines) is 1. The van der Waals surface area contributed by atoms with E-state index in [0.29, 0.717) is 6.07 Å². The number of rotatable bonds is 5. The molecular formula is C24H25F4N7. The van der Waals surface area contributed by atoms with E-state index in [2.05, 4.69) is 25.7 Å².